The average molecular weight is 571 g/mol. The number of nitrogens with one attached hydrogen (secondary N) is 1. The summed E-state index contributed by atoms with van der Waals surface area (Å²) in [5, 5.41) is 2.50. The Bertz CT molecular complexity index is 1590. The van der Waals surface area contributed by atoms with E-state index in [1.165, 1.54) is 7.11 Å². The highest BCUT2D eigenvalue weighted by atomic mass is 16.5. The molecule has 0 spiro atoms. The van der Waals surface area contributed by atoms with E-state index in [1.807, 2.05) is 47.0 Å². The Kier molecular flexibility index (Phi) is 7.32. The van der Waals surface area contributed by atoms with E-state index < -0.39 is 23.3 Å². The highest BCUT2D eigenvalue weighted by Crippen LogP contribution is 2.39. The van der Waals surface area contributed by atoms with Crippen molar-refractivity contribution in [2.75, 3.05) is 33.9 Å². The van der Waals surface area contributed by atoms with Gasteiger partial charge in [-0.05, 0) is 48.1 Å². The molecule has 6 rings (SSSR count). The third kappa shape index (κ3) is 4.96. The Morgan fingerprint density at radius 2 is 1.64 bits per heavy atom. The number of aromatic nitrogens is 1. The second-order valence-corrected chi connectivity index (χ2v) is 11.5. The molecule has 2 bridgehead atoms. The van der Waals surface area contributed by atoms with Crippen molar-refractivity contribution >= 4 is 17.8 Å². The lowest BCUT2D eigenvalue weighted by molar-refractivity contribution is -0.154. The monoisotopic (exact) mass is 570 g/mol. The first-order valence-corrected chi connectivity index (χ1v) is 14.2. The van der Waals surface area contributed by atoms with Crippen LogP contribution >= 0.6 is 0 Å². The third-order valence-corrected chi connectivity index (χ3v) is 8.74. The number of carbonyl (C=O) groups excluding carboxylic acids is 3. The number of carbonyl (C=O) groups is 3. The SMILES string of the molecule is COc1ccc(CC2(CN3C[C@H]4C[C@H](C3)c3cccc(=O)n3C4)C(=O)NC(=O)N(Cc3ccccc3)C2=O)cc1OC. The Balaban J connectivity index is 1.37. The van der Waals surface area contributed by atoms with Crippen LogP contribution in [0.15, 0.2) is 71.5 Å². The fraction of sp³-hybridized carbons (Fsp3) is 0.375. The van der Waals surface area contributed by atoms with E-state index in [0.29, 0.717) is 36.7 Å². The summed E-state index contributed by atoms with van der Waals surface area (Å²) in [6, 6.07) is 19.2. The van der Waals surface area contributed by atoms with Gasteiger partial charge >= 0.3 is 6.03 Å². The first-order valence-electron chi connectivity index (χ1n) is 14.2. The molecule has 0 aliphatic carbocycles. The van der Waals surface area contributed by atoms with Crippen LogP contribution in [-0.4, -0.2) is 66.1 Å². The zero-order chi connectivity index (χ0) is 29.4. The van der Waals surface area contributed by atoms with Gasteiger partial charge in [0.15, 0.2) is 11.5 Å². The standard InChI is InChI=1S/C32H34N4O6/c1-41-26-12-11-22(14-27(26)42-2)15-32(29(38)33-31(40)36(30(32)39)17-21-7-4-3-5-8-21)20-34-16-23-13-24(19-34)25-9-6-10-28(37)35(25)18-23/h3-12,14,23-24H,13,15-20H2,1-2H3,(H,33,38,40)/t23-,24-,32?/m1/s1. The predicted octanol–water partition coefficient (Wildman–Crippen LogP) is 2.79. The van der Waals surface area contributed by atoms with E-state index in [-0.39, 0.29) is 36.9 Å². The Morgan fingerprint density at radius 1 is 0.857 bits per heavy atom. The van der Waals surface area contributed by atoms with Crippen LogP contribution in [0.4, 0.5) is 4.79 Å². The van der Waals surface area contributed by atoms with Crippen LogP contribution in [0.5, 0.6) is 11.5 Å². The van der Waals surface area contributed by atoms with Crippen LogP contribution in [0.25, 0.3) is 0 Å². The number of urea groups is 1. The van der Waals surface area contributed by atoms with Crippen molar-refractivity contribution < 1.29 is 23.9 Å². The molecule has 2 saturated heterocycles. The molecule has 1 unspecified atom stereocenters. The van der Waals surface area contributed by atoms with Gasteiger partial charge in [-0.25, -0.2) is 4.79 Å². The molecule has 3 aliphatic rings. The zero-order valence-electron chi connectivity index (χ0n) is 23.7. The fourth-order valence-electron chi connectivity index (χ4n) is 6.84. The summed E-state index contributed by atoms with van der Waals surface area (Å²) in [6.45, 7) is 2.02. The van der Waals surface area contributed by atoms with Gasteiger partial charge in [0.25, 0.3) is 5.56 Å². The molecular formula is C32H34N4O6. The Hall–Kier alpha value is -4.44. The van der Waals surface area contributed by atoms with Crippen LogP contribution < -0.4 is 20.3 Å². The largest absolute Gasteiger partial charge is 0.493 e. The lowest BCUT2D eigenvalue weighted by Gasteiger charge is -2.47. The van der Waals surface area contributed by atoms with Crippen LogP contribution in [0.3, 0.4) is 0 Å². The number of nitrogens with zero attached hydrogens (tertiary/aromatic N) is 3. The van der Waals surface area contributed by atoms with Crippen LogP contribution in [0.2, 0.25) is 0 Å². The van der Waals surface area contributed by atoms with Gasteiger partial charge in [-0.1, -0.05) is 42.5 Å². The van der Waals surface area contributed by atoms with Gasteiger partial charge in [0.05, 0.1) is 20.8 Å². The van der Waals surface area contributed by atoms with Crippen LogP contribution in [0, 0.1) is 11.3 Å². The van der Waals surface area contributed by atoms with Gasteiger partial charge < -0.3 is 18.9 Å². The molecule has 42 heavy (non-hydrogen) atoms. The van der Waals surface area contributed by atoms with Gasteiger partial charge in [0, 0.05) is 43.9 Å². The number of fused-ring (bicyclic) bond motifs is 4. The van der Waals surface area contributed by atoms with E-state index in [2.05, 4.69) is 10.2 Å². The van der Waals surface area contributed by atoms with Crippen molar-refractivity contribution in [1.82, 2.24) is 19.7 Å². The highest BCUT2D eigenvalue weighted by Gasteiger charge is 2.55. The topological polar surface area (TPSA) is 110 Å². The maximum Gasteiger partial charge on any atom is 0.331 e. The van der Waals surface area contributed by atoms with Gasteiger partial charge in [0.1, 0.15) is 5.41 Å². The summed E-state index contributed by atoms with van der Waals surface area (Å²) < 4.78 is 12.7. The molecule has 0 saturated carbocycles. The number of imide groups is 2. The summed E-state index contributed by atoms with van der Waals surface area (Å²) in [4.78, 5) is 57.2. The van der Waals surface area contributed by atoms with E-state index in [1.54, 1.807) is 31.4 Å². The summed E-state index contributed by atoms with van der Waals surface area (Å²) in [7, 11) is 3.08. The van der Waals surface area contributed by atoms with Gasteiger partial charge in [-0.2, -0.15) is 0 Å². The number of hydrogen-bond acceptors (Lipinski definition) is 7. The van der Waals surface area contributed by atoms with Gasteiger partial charge in [-0.15, -0.1) is 0 Å². The zero-order valence-corrected chi connectivity index (χ0v) is 23.7. The van der Waals surface area contributed by atoms with Crippen LogP contribution in [-0.2, 0) is 29.1 Å². The van der Waals surface area contributed by atoms with Gasteiger partial charge in [-0.3, -0.25) is 24.6 Å². The molecule has 218 valence electrons. The lowest BCUT2D eigenvalue weighted by atomic mass is 9.75. The number of amides is 4. The molecular weight excluding hydrogens is 536 g/mol. The van der Waals surface area contributed by atoms with Gasteiger partial charge in [0.2, 0.25) is 11.8 Å². The molecule has 4 heterocycles. The second-order valence-electron chi connectivity index (χ2n) is 11.5. The van der Waals surface area contributed by atoms with Crippen molar-refractivity contribution in [2.45, 2.75) is 31.8 Å². The molecule has 2 fully saturated rings. The van der Waals surface area contributed by atoms with E-state index in [0.717, 1.165) is 22.6 Å². The minimum atomic E-state index is -1.57. The predicted molar refractivity (Wildman–Crippen MR) is 154 cm³/mol. The first kappa shape index (κ1) is 27.7. The minimum absolute atomic E-state index is 0.00234. The molecule has 3 aromatic rings. The molecule has 2 aromatic carbocycles. The quantitative estimate of drug-likeness (QED) is 0.415. The number of hydrogen-bond donors (Lipinski definition) is 1. The summed E-state index contributed by atoms with van der Waals surface area (Å²) >= 11 is 0. The average Bonchev–Trinajstić information content (AvgIpc) is 2.99. The number of pyridine rings is 1. The molecule has 1 aromatic heterocycles. The number of ether oxygens (including phenoxy) is 2. The highest BCUT2D eigenvalue weighted by molar-refractivity contribution is 6.19. The number of benzene rings is 2. The van der Waals surface area contributed by atoms with Crippen molar-refractivity contribution in [2.24, 2.45) is 11.3 Å². The Labute approximate surface area is 243 Å². The van der Waals surface area contributed by atoms with E-state index >= 15 is 0 Å². The summed E-state index contributed by atoms with van der Waals surface area (Å²) in [5.41, 5.74) is 0.906. The normalized spacial score (nSPS) is 23.8. The maximum absolute atomic E-state index is 14.4. The smallest absolute Gasteiger partial charge is 0.331 e. The molecule has 3 atom stereocenters. The Morgan fingerprint density at radius 3 is 2.40 bits per heavy atom. The summed E-state index contributed by atoms with van der Waals surface area (Å²) in [6.07, 6.45) is 1.01. The number of methoxy groups -OCH3 is 2. The minimum Gasteiger partial charge on any atom is -0.493 e. The summed E-state index contributed by atoms with van der Waals surface area (Å²) in [5.74, 6) is 0.201. The number of piperidine rings is 1. The molecule has 4 amide bonds. The van der Waals surface area contributed by atoms with E-state index in [4.69, 9.17) is 9.47 Å². The number of barbiturate groups is 1. The third-order valence-electron chi connectivity index (χ3n) is 8.74. The lowest BCUT2D eigenvalue weighted by Crippen LogP contribution is -2.67. The van der Waals surface area contributed by atoms with E-state index in [9.17, 15) is 19.2 Å². The van der Waals surface area contributed by atoms with Crippen molar-refractivity contribution in [1.29, 1.82) is 0 Å². The molecule has 1 N–H and O–H groups in total. The molecule has 10 nitrogen and oxygen atoms in total. The van der Waals surface area contributed by atoms with Crippen molar-refractivity contribution in [3.05, 3.63) is 93.9 Å². The number of rotatable bonds is 8. The number of likely N-dealkylation sites (tertiary alicyclic amines) is 1. The molecule has 10 heteroatoms. The maximum atomic E-state index is 14.4. The molecule has 3 aliphatic heterocycles. The fourth-order valence-corrected chi connectivity index (χ4v) is 6.84. The second kappa shape index (κ2) is 11.1. The van der Waals surface area contributed by atoms with Crippen molar-refractivity contribution in [3.8, 4) is 11.5 Å². The van der Waals surface area contributed by atoms with Crippen LogP contribution in [0.1, 0.15) is 29.2 Å². The molecule has 0 radical (unpaired) electrons. The van der Waals surface area contributed by atoms with Crippen molar-refractivity contribution in [3.63, 3.8) is 0 Å². The first-order chi connectivity index (χ1) is 20.3.